The van der Waals surface area contributed by atoms with Crippen LogP contribution in [0.3, 0.4) is 0 Å². The van der Waals surface area contributed by atoms with Gasteiger partial charge >= 0.3 is 0 Å². The fourth-order valence-electron chi connectivity index (χ4n) is 1.91. The van der Waals surface area contributed by atoms with Gasteiger partial charge < -0.3 is 5.32 Å². The third-order valence-corrected chi connectivity index (χ3v) is 5.04. The maximum atomic E-state index is 12.1. The van der Waals surface area contributed by atoms with Gasteiger partial charge in [-0.1, -0.05) is 37.3 Å². The average Bonchev–Trinajstić information content (AvgIpc) is 2.87. The fraction of sp³-hybridized carbons (Fsp3) is 0.357. The highest BCUT2D eigenvalue weighted by Crippen LogP contribution is 2.22. The van der Waals surface area contributed by atoms with Crippen LogP contribution in [0.5, 0.6) is 0 Å². The molecule has 0 radical (unpaired) electrons. The molecule has 1 atom stereocenters. The van der Waals surface area contributed by atoms with Crippen LogP contribution in [0.2, 0.25) is 0 Å². The Morgan fingerprint density at radius 2 is 2.00 bits per heavy atom. The van der Waals surface area contributed by atoms with E-state index in [1.165, 1.54) is 11.3 Å². The zero-order chi connectivity index (χ0) is 15.3. The highest BCUT2D eigenvalue weighted by molar-refractivity contribution is 7.92. The van der Waals surface area contributed by atoms with E-state index in [4.69, 9.17) is 0 Å². The fourth-order valence-corrected chi connectivity index (χ4v) is 4.14. The van der Waals surface area contributed by atoms with Gasteiger partial charge in [0.25, 0.3) is 0 Å². The maximum Gasteiger partial charge on any atom is 0.238 e. The highest BCUT2D eigenvalue weighted by Gasteiger charge is 2.15. The van der Waals surface area contributed by atoms with Crippen molar-refractivity contribution < 1.29 is 8.42 Å². The smallest absolute Gasteiger partial charge is 0.238 e. The predicted molar refractivity (Wildman–Crippen MR) is 86.9 cm³/mol. The van der Waals surface area contributed by atoms with E-state index in [2.05, 4.69) is 15.0 Å². The van der Waals surface area contributed by atoms with Gasteiger partial charge in [0, 0.05) is 11.4 Å². The van der Waals surface area contributed by atoms with Gasteiger partial charge in [-0.15, -0.1) is 11.3 Å². The zero-order valence-electron chi connectivity index (χ0n) is 12.0. The summed E-state index contributed by atoms with van der Waals surface area (Å²) in [4.78, 5) is 4.32. The molecular formula is C14H19N3O2S2. The number of benzene rings is 1. The summed E-state index contributed by atoms with van der Waals surface area (Å²) >= 11 is 1.30. The molecule has 7 heteroatoms. The van der Waals surface area contributed by atoms with E-state index >= 15 is 0 Å². The minimum absolute atomic E-state index is 0.0501. The SMILES string of the molecule is CCNC(C)c1csc(NS(=O)(=O)Cc2ccccc2)n1. The van der Waals surface area contributed by atoms with Crippen LogP contribution in [-0.4, -0.2) is 19.9 Å². The highest BCUT2D eigenvalue weighted by atomic mass is 32.2. The second kappa shape index (κ2) is 7.02. The van der Waals surface area contributed by atoms with E-state index in [0.29, 0.717) is 5.13 Å². The molecule has 21 heavy (non-hydrogen) atoms. The van der Waals surface area contributed by atoms with Gasteiger partial charge in [-0.05, 0) is 19.0 Å². The normalized spacial score (nSPS) is 13.0. The van der Waals surface area contributed by atoms with Crippen LogP contribution >= 0.6 is 11.3 Å². The summed E-state index contributed by atoms with van der Waals surface area (Å²) in [5.41, 5.74) is 1.60. The van der Waals surface area contributed by atoms with E-state index in [0.717, 1.165) is 17.8 Å². The van der Waals surface area contributed by atoms with Crippen LogP contribution in [0.15, 0.2) is 35.7 Å². The molecule has 0 fully saturated rings. The zero-order valence-corrected chi connectivity index (χ0v) is 13.7. The van der Waals surface area contributed by atoms with Crippen LogP contribution < -0.4 is 10.0 Å². The summed E-state index contributed by atoms with van der Waals surface area (Å²) in [7, 11) is -3.43. The Kier molecular flexibility index (Phi) is 5.33. The Morgan fingerprint density at radius 3 is 2.67 bits per heavy atom. The van der Waals surface area contributed by atoms with Crippen molar-refractivity contribution in [1.82, 2.24) is 10.3 Å². The number of aromatic nitrogens is 1. The molecule has 2 aromatic rings. The first kappa shape index (κ1) is 15.9. The molecular weight excluding hydrogens is 306 g/mol. The number of hydrogen-bond donors (Lipinski definition) is 2. The molecule has 1 heterocycles. The standard InChI is InChI=1S/C14H19N3O2S2/c1-3-15-11(2)13-9-20-14(16-13)17-21(18,19)10-12-7-5-4-6-8-12/h4-9,11,15H,3,10H2,1-2H3,(H,16,17). The number of sulfonamides is 1. The van der Waals surface area contributed by atoms with Crippen molar-refractivity contribution in [2.24, 2.45) is 0 Å². The third-order valence-electron chi connectivity index (χ3n) is 2.92. The molecule has 0 aliphatic heterocycles. The van der Waals surface area contributed by atoms with Gasteiger partial charge in [0.05, 0.1) is 11.4 Å². The molecule has 5 nitrogen and oxygen atoms in total. The van der Waals surface area contributed by atoms with Crippen LogP contribution in [0.4, 0.5) is 5.13 Å². The molecule has 2 N–H and O–H groups in total. The van der Waals surface area contributed by atoms with Crippen LogP contribution in [0, 0.1) is 0 Å². The number of nitrogens with one attached hydrogen (secondary N) is 2. The second-order valence-corrected chi connectivity index (χ2v) is 7.28. The quantitative estimate of drug-likeness (QED) is 0.821. The summed E-state index contributed by atoms with van der Waals surface area (Å²) < 4.78 is 26.8. The van der Waals surface area contributed by atoms with Gasteiger partial charge in [0.15, 0.2) is 5.13 Å². The molecule has 1 unspecified atom stereocenters. The number of nitrogens with zero attached hydrogens (tertiary/aromatic N) is 1. The lowest BCUT2D eigenvalue weighted by atomic mass is 10.2. The predicted octanol–water partition coefficient (Wildman–Crippen LogP) is 2.76. The summed E-state index contributed by atoms with van der Waals surface area (Å²) in [5.74, 6) is -0.0501. The van der Waals surface area contributed by atoms with Crippen molar-refractivity contribution in [1.29, 1.82) is 0 Å². The largest absolute Gasteiger partial charge is 0.309 e. The van der Waals surface area contributed by atoms with Crippen molar-refractivity contribution in [3.63, 3.8) is 0 Å². The number of thiazole rings is 1. The van der Waals surface area contributed by atoms with E-state index in [-0.39, 0.29) is 11.8 Å². The number of rotatable bonds is 7. The Morgan fingerprint density at radius 1 is 1.29 bits per heavy atom. The molecule has 0 saturated heterocycles. The van der Waals surface area contributed by atoms with Gasteiger partial charge in [0.2, 0.25) is 10.0 Å². The minimum Gasteiger partial charge on any atom is -0.309 e. The Hall–Kier alpha value is -1.44. The van der Waals surface area contributed by atoms with Crippen molar-refractivity contribution in [3.05, 3.63) is 47.0 Å². The molecule has 2 rings (SSSR count). The van der Waals surface area contributed by atoms with Crippen molar-refractivity contribution in [2.75, 3.05) is 11.3 Å². The lowest BCUT2D eigenvalue weighted by Crippen LogP contribution is -2.18. The molecule has 0 bridgehead atoms. The Balaban J connectivity index is 2.04. The van der Waals surface area contributed by atoms with Crippen LogP contribution in [-0.2, 0) is 15.8 Å². The first-order valence-corrected chi connectivity index (χ1v) is 9.26. The van der Waals surface area contributed by atoms with Crippen LogP contribution in [0.1, 0.15) is 31.1 Å². The summed E-state index contributed by atoms with van der Waals surface area (Å²) in [6.45, 7) is 4.86. The van der Waals surface area contributed by atoms with Gasteiger partial charge in [0.1, 0.15) is 0 Å². The molecule has 1 aromatic carbocycles. The van der Waals surface area contributed by atoms with Crippen LogP contribution in [0.25, 0.3) is 0 Å². The minimum atomic E-state index is -3.43. The summed E-state index contributed by atoms with van der Waals surface area (Å²) in [6, 6.07) is 9.20. The second-order valence-electron chi connectivity index (χ2n) is 4.70. The topological polar surface area (TPSA) is 71.1 Å². The van der Waals surface area contributed by atoms with Crippen molar-refractivity contribution in [2.45, 2.75) is 25.6 Å². The van der Waals surface area contributed by atoms with E-state index < -0.39 is 10.0 Å². The summed E-state index contributed by atoms with van der Waals surface area (Å²) in [6.07, 6.45) is 0. The first-order valence-electron chi connectivity index (χ1n) is 6.73. The number of anilines is 1. The Labute approximate surface area is 129 Å². The monoisotopic (exact) mass is 325 g/mol. The van der Waals surface area contributed by atoms with Crippen molar-refractivity contribution in [3.8, 4) is 0 Å². The molecule has 0 spiro atoms. The van der Waals surface area contributed by atoms with Gasteiger partial charge in [-0.25, -0.2) is 13.4 Å². The molecule has 114 valence electrons. The van der Waals surface area contributed by atoms with E-state index in [9.17, 15) is 8.42 Å². The number of hydrogen-bond acceptors (Lipinski definition) is 5. The molecule has 0 aliphatic carbocycles. The Bertz CT molecular complexity index is 669. The first-order chi connectivity index (χ1) is 10.00. The molecule has 0 aliphatic rings. The third kappa shape index (κ3) is 4.80. The molecule has 0 amide bonds. The van der Waals surface area contributed by atoms with Crippen molar-refractivity contribution >= 4 is 26.5 Å². The van der Waals surface area contributed by atoms with E-state index in [1.807, 2.05) is 37.4 Å². The molecule has 0 saturated carbocycles. The lowest BCUT2D eigenvalue weighted by molar-refractivity contribution is 0.586. The van der Waals surface area contributed by atoms with Gasteiger partial charge in [-0.3, -0.25) is 4.72 Å². The lowest BCUT2D eigenvalue weighted by Gasteiger charge is -2.08. The summed E-state index contributed by atoms with van der Waals surface area (Å²) in [5, 5.41) is 5.52. The average molecular weight is 325 g/mol. The van der Waals surface area contributed by atoms with E-state index in [1.54, 1.807) is 12.1 Å². The van der Waals surface area contributed by atoms with Gasteiger partial charge in [-0.2, -0.15) is 0 Å². The molecule has 1 aromatic heterocycles. The maximum absolute atomic E-state index is 12.1.